The van der Waals surface area contributed by atoms with Crippen LogP contribution in [0.2, 0.25) is 0 Å². The molecule has 1 aliphatic rings. The van der Waals surface area contributed by atoms with Gasteiger partial charge in [0.1, 0.15) is 5.69 Å². The highest BCUT2D eigenvalue weighted by Gasteiger charge is 2.20. The molecule has 3 aromatic rings. The summed E-state index contributed by atoms with van der Waals surface area (Å²) in [6, 6.07) is 10.1. The van der Waals surface area contributed by atoms with Gasteiger partial charge in [-0.15, -0.1) is 0 Å². The quantitative estimate of drug-likeness (QED) is 0.708. The molecule has 0 aliphatic carbocycles. The van der Waals surface area contributed by atoms with Gasteiger partial charge in [-0.05, 0) is 42.7 Å². The average Bonchev–Trinajstić information content (AvgIpc) is 3.06. The molecule has 0 bridgehead atoms. The van der Waals surface area contributed by atoms with Gasteiger partial charge in [-0.2, -0.15) is 0 Å². The van der Waals surface area contributed by atoms with Gasteiger partial charge in [0.05, 0.1) is 31.0 Å². The van der Waals surface area contributed by atoms with E-state index in [-0.39, 0.29) is 0 Å². The van der Waals surface area contributed by atoms with Crippen molar-refractivity contribution in [2.24, 2.45) is 0 Å². The second-order valence-electron chi connectivity index (χ2n) is 7.97. The Morgan fingerprint density at radius 3 is 2.66 bits per heavy atom. The smallest absolute Gasteiger partial charge is 0.352 e. The SMILES string of the molecule is Cc1cc(C(C)C)c2c(c1)cc(C(=O)O)n2Cc1cc(N2CCOCC2)ccn1. The standard InChI is InChI=1S/C23H27N3O3/c1-15(2)20-11-16(3)10-17-12-21(23(27)28)26(22(17)20)14-18-13-19(4-5-24-18)25-6-8-29-9-7-25/h4-5,10-13,15H,6-9,14H2,1-3H3,(H,27,28). The van der Waals surface area contributed by atoms with Crippen LogP contribution in [0, 0.1) is 6.92 Å². The first-order valence-corrected chi connectivity index (χ1v) is 10.1. The van der Waals surface area contributed by atoms with Crippen LogP contribution in [0.5, 0.6) is 0 Å². The van der Waals surface area contributed by atoms with Crippen LogP contribution in [0.1, 0.15) is 47.1 Å². The van der Waals surface area contributed by atoms with Crippen LogP contribution in [-0.2, 0) is 11.3 Å². The lowest BCUT2D eigenvalue weighted by molar-refractivity contribution is 0.0686. The number of aromatic carboxylic acids is 1. The number of aryl methyl sites for hydroxylation is 1. The van der Waals surface area contributed by atoms with Gasteiger partial charge in [0.25, 0.3) is 0 Å². The predicted molar refractivity (Wildman–Crippen MR) is 114 cm³/mol. The predicted octanol–water partition coefficient (Wildman–Crippen LogP) is 4.05. The van der Waals surface area contributed by atoms with Crippen molar-refractivity contribution in [2.45, 2.75) is 33.2 Å². The third-order valence-electron chi connectivity index (χ3n) is 5.50. The molecule has 1 N–H and O–H groups in total. The first-order valence-electron chi connectivity index (χ1n) is 10.1. The first-order chi connectivity index (χ1) is 13.9. The minimum Gasteiger partial charge on any atom is -0.477 e. The molecule has 29 heavy (non-hydrogen) atoms. The van der Waals surface area contributed by atoms with Crippen molar-refractivity contribution >= 4 is 22.6 Å². The van der Waals surface area contributed by atoms with E-state index in [1.54, 1.807) is 12.3 Å². The van der Waals surface area contributed by atoms with Crippen LogP contribution in [-0.4, -0.2) is 46.9 Å². The number of carbonyl (C=O) groups is 1. The Morgan fingerprint density at radius 2 is 1.97 bits per heavy atom. The molecule has 1 aromatic carbocycles. The number of anilines is 1. The summed E-state index contributed by atoms with van der Waals surface area (Å²) < 4.78 is 7.35. The fourth-order valence-electron chi connectivity index (χ4n) is 4.12. The highest BCUT2D eigenvalue weighted by molar-refractivity contribution is 5.96. The Bertz CT molecular complexity index is 1050. The Hall–Kier alpha value is -2.86. The molecule has 1 aliphatic heterocycles. The molecule has 0 amide bonds. The molecular formula is C23H27N3O3. The van der Waals surface area contributed by atoms with Gasteiger partial charge < -0.3 is 19.3 Å². The fraction of sp³-hybridized carbons (Fsp3) is 0.391. The molecule has 0 radical (unpaired) electrons. The van der Waals surface area contributed by atoms with Crippen molar-refractivity contribution in [3.8, 4) is 0 Å². The summed E-state index contributed by atoms with van der Waals surface area (Å²) in [5.74, 6) is -0.627. The maximum absolute atomic E-state index is 12.0. The highest BCUT2D eigenvalue weighted by atomic mass is 16.5. The Morgan fingerprint density at radius 1 is 1.21 bits per heavy atom. The summed E-state index contributed by atoms with van der Waals surface area (Å²) in [6.45, 7) is 9.91. The van der Waals surface area contributed by atoms with Crippen molar-refractivity contribution in [1.82, 2.24) is 9.55 Å². The summed E-state index contributed by atoms with van der Waals surface area (Å²) in [4.78, 5) is 18.8. The molecule has 0 saturated carbocycles. The zero-order valence-electron chi connectivity index (χ0n) is 17.2. The zero-order chi connectivity index (χ0) is 20.5. The minimum absolute atomic E-state index is 0.292. The molecule has 0 spiro atoms. The number of rotatable bonds is 5. The Labute approximate surface area is 170 Å². The van der Waals surface area contributed by atoms with Gasteiger partial charge in [-0.25, -0.2) is 4.79 Å². The van der Waals surface area contributed by atoms with Crippen molar-refractivity contribution < 1.29 is 14.6 Å². The molecule has 152 valence electrons. The summed E-state index contributed by atoms with van der Waals surface area (Å²) in [6.07, 6.45) is 1.81. The van der Waals surface area contributed by atoms with Gasteiger partial charge in [0.15, 0.2) is 0 Å². The first kappa shape index (κ1) is 19.5. The molecule has 6 heteroatoms. The van der Waals surface area contributed by atoms with E-state index in [0.717, 1.165) is 59.7 Å². The topological polar surface area (TPSA) is 67.6 Å². The lowest BCUT2D eigenvalue weighted by Crippen LogP contribution is -2.36. The largest absolute Gasteiger partial charge is 0.477 e. The number of aromatic nitrogens is 2. The summed E-state index contributed by atoms with van der Waals surface area (Å²) >= 11 is 0. The van der Waals surface area contributed by atoms with E-state index in [0.29, 0.717) is 18.2 Å². The highest BCUT2D eigenvalue weighted by Crippen LogP contribution is 2.31. The Balaban J connectivity index is 1.79. The minimum atomic E-state index is -0.919. The Kier molecular flexibility index (Phi) is 5.28. The van der Waals surface area contributed by atoms with E-state index >= 15 is 0 Å². The average molecular weight is 393 g/mol. The normalized spacial score (nSPS) is 14.7. The van der Waals surface area contributed by atoms with Crippen LogP contribution in [0.3, 0.4) is 0 Å². The maximum atomic E-state index is 12.0. The molecule has 3 heterocycles. The maximum Gasteiger partial charge on any atom is 0.352 e. The van der Waals surface area contributed by atoms with Crippen LogP contribution < -0.4 is 4.90 Å². The lowest BCUT2D eigenvalue weighted by atomic mass is 9.98. The fourth-order valence-corrected chi connectivity index (χ4v) is 4.12. The molecular weight excluding hydrogens is 366 g/mol. The van der Waals surface area contributed by atoms with Crippen LogP contribution >= 0.6 is 0 Å². The summed E-state index contributed by atoms with van der Waals surface area (Å²) in [5.41, 5.74) is 5.54. The second kappa shape index (κ2) is 7.87. The lowest BCUT2D eigenvalue weighted by Gasteiger charge is -2.29. The van der Waals surface area contributed by atoms with Crippen LogP contribution in [0.4, 0.5) is 5.69 Å². The van der Waals surface area contributed by atoms with Crippen LogP contribution in [0.15, 0.2) is 36.5 Å². The third-order valence-corrected chi connectivity index (χ3v) is 5.50. The molecule has 4 rings (SSSR count). The number of nitrogens with zero attached hydrogens (tertiary/aromatic N) is 3. The summed E-state index contributed by atoms with van der Waals surface area (Å²) in [5, 5.41) is 10.8. The molecule has 1 saturated heterocycles. The van der Waals surface area contributed by atoms with Crippen molar-refractivity contribution in [3.63, 3.8) is 0 Å². The van der Waals surface area contributed by atoms with Crippen LogP contribution in [0.25, 0.3) is 10.9 Å². The zero-order valence-corrected chi connectivity index (χ0v) is 17.2. The number of hydrogen-bond donors (Lipinski definition) is 1. The molecule has 0 unspecified atom stereocenters. The monoisotopic (exact) mass is 393 g/mol. The molecule has 1 fully saturated rings. The number of ether oxygens (including phenoxy) is 1. The number of fused-ring (bicyclic) bond motifs is 1. The number of pyridine rings is 1. The van der Waals surface area contributed by atoms with Gasteiger partial charge in [-0.3, -0.25) is 4.98 Å². The van der Waals surface area contributed by atoms with Gasteiger partial charge in [0.2, 0.25) is 0 Å². The van der Waals surface area contributed by atoms with E-state index in [1.165, 1.54) is 0 Å². The number of morpholine rings is 1. The van der Waals surface area contributed by atoms with Crippen molar-refractivity contribution in [3.05, 3.63) is 59.0 Å². The van der Waals surface area contributed by atoms with E-state index in [4.69, 9.17) is 4.74 Å². The van der Waals surface area contributed by atoms with E-state index < -0.39 is 5.97 Å². The van der Waals surface area contributed by atoms with E-state index in [1.807, 2.05) is 10.6 Å². The van der Waals surface area contributed by atoms with Crippen molar-refractivity contribution in [1.29, 1.82) is 0 Å². The number of carboxylic acids is 1. The van der Waals surface area contributed by atoms with E-state index in [2.05, 4.69) is 48.9 Å². The molecule has 6 nitrogen and oxygen atoms in total. The van der Waals surface area contributed by atoms with Crippen molar-refractivity contribution in [2.75, 3.05) is 31.2 Å². The molecule has 0 atom stereocenters. The van der Waals surface area contributed by atoms with Gasteiger partial charge in [-0.1, -0.05) is 25.5 Å². The van der Waals surface area contributed by atoms with Gasteiger partial charge in [0, 0.05) is 30.4 Å². The summed E-state index contributed by atoms with van der Waals surface area (Å²) in [7, 11) is 0. The number of benzene rings is 1. The number of hydrogen-bond acceptors (Lipinski definition) is 4. The second-order valence-corrected chi connectivity index (χ2v) is 7.97. The van der Waals surface area contributed by atoms with E-state index in [9.17, 15) is 9.90 Å². The third kappa shape index (κ3) is 3.85. The van der Waals surface area contributed by atoms with Gasteiger partial charge >= 0.3 is 5.97 Å². The molecule has 2 aromatic heterocycles. The number of carboxylic acid groups (broad SMARTS) is 1.